The summed E-state index contributed by atoms with van der Waals surface area (Å²) in [5.74, 6) is -1.55. The molecule has 1 aliphatic heterocycles. The molecule has 2 aromatic rings. The van der Waals surface area contributed by atoms with E-state index < -0.39 is 11.8 Å². The van der Waals surface area contributed by atoms with E-state index in [4.69, 9.17) is 23.8 Å². The second-order valence-corrected chi connectivity index (χ2v) is 7.33. The number of thioether (sulfide) groups is 1. The molecule has 0 aliphatic carbocycles. The van der Waals surface area contributed by atoms with E-state index in [0.717, 1.165) is 16.8 Å². The summed E-state index contributed by atoms with van der Waals surface area (Å²) in [7, 11) is 0. The Bertz CT molecular complexity index is 944. The molecule has 1 saturated heterocycles. The van der Waals surface area contributed by atoms with E-state index >= 15 is 0 Å². The number of benzene rings is 2. The van der Waals surface area contributed by atoms with E-state index in [-0.39, 0.29) is 20.7 Å². The van der Waals surface area contributed by atoms with Crippen LogP contribution in [0, 0.1) is 0 Å². The van der Waals surface area contributed by atoms with E-state index in [1.807, 2.05) is 0 Å². The molecule has 0 bridgehead atoms. The molecule has 9 heteroatoms. The molecule has 6 nitrogen and oxygen atoms in total. The Labute approximate surface area is 163 Å². The minimum atomic E-state index is -0.499. The lowest BCUT2D eigenvalue weighted by Gasteiger charge is -2.15. The summed E-state index contributed by atoms with van der Waals surface area (Å²) in [4.78, 5) is 25.0. The van der Waals surface area contributed by atoms with E-state index in [1.165, 1.54) is 36.4 Å². The minimum Gasteiger partial charge on any atom is -0.504 e. The van der Waals surface area contributed by atoms with Gasteiger partial charge in [0.05, 0.1) is 4.91 Å². The fourth-order valence-electron chi connectivity index (χ4n) is 2.11. The Balaban J connectivity index is 1.78. The first-order chi connectivity index (χ1) is 12.3. The van der Waals surface area contributed by atoms with Gasteiger partial charge in [0.15, 0.2) is 15.8 Å². The van der Waals surface area contributed by atoms with Crippen LogP contribution in [0.2, 0.25) is 5.02 Å². The molecule has 3 rings (SSSR count). The maximum atomic E-state index is 12.5. The van der Waals surface area contributed by atoms with Crippen molar-refractivity contribution in [1.29, 1.82) is 0 Å². The number of halogens is 1. The molecule has 2 aromatic carbocycles. The summed E-state index contributed by atoms with van der Waals surface area (Å²) < 4.78 is 0.173. The number of hydrazine groups is 1. The summed E-state index contributed by atoms with van der Waals surface area (Å²) in [5, 5.41) is 20.4. The first kappa shape index (κ1) is 18.2. The molecule has 0 spiro atoms. The average molecular weight is 407 g/mol. The molecule has 2 amide bonds. The number of nitrogens with one attached hydrogen (secondary N) is 1. The van der Waals surface area contributed by atoms with Crippen LogP contribution in [-0.2, 0) is 4.79 Å². The van der Waals surface area contributed by atoms with Gasteiger partial charge in [-0.05, 0) is 60.3 Å². The number of aromatic hydroxyl groups is 2. The molecule has 0 atom stereocenters. The quantitative estimate of drug-likeness (QED) is 0.411. The second kappa shape index (κ2) is 7.36. The number of amides is 2. The van der Waals surface area contributed by atoms with Crippen LogP contribution >= 0.6 is 35.6 Å². The van der Waals surface area contributed by atoms with E-state index in [2.05, 4.69) is 5.43 Å². The summed E-state index contributed by atoms with van der Waals surface area (Å²) in [6.07, 6.45) is 1.51. The van der Waals surface area contributed by atoms with E-state index in [0.29, 0.717) is 16.1 Å². The molecule has 0 radical (unpaired) electrons. The van der Waals surface area contributed by atoms with Gasteiger partial charge in [-0.2, -0.15) is 5.01 Å². The van der Waals surface area contributed by atoms with Crippen LogP contribution in [0.4, 0.5) is 0 Å². The molecular weight excluding hydrogens is 396 g/mol. The summed E-state index contributed by atoms with van der Waals surface area (Å²) in [6, 6.07) is 10.4. The van der Waals surface area contributed by atoms with Gasteiger partial charge in [-0.1, -0.05) is 29.4 Å². The van der Waals surface area contributed by atoms with Crippen molar-refractivity contribution in [3.63, 3.8) is 0 Å². The Hall–Kier alpha value is -2.55. The van der Waals surface area contributed by atoms with Crippen LogP contribution in [0.3, 0.4) is 0 Å². The Morgan fingerprint density at radius 3 is 2.50 bits per heavy atom. The molecule has 26 heavy (non-hydrogen) atoms. The Morgan fingerprint density at radius 2 is 1.85 bits per heavy atom. The summed E-state index contributed by atoms with van der Waals surface area (Å²) in [6.45, 7) is 0. The first-order valence-corrected chi connectivity index (χ1v) is 8.82. The normalized spacial score (nSPS) is 15.6. The smallest absolute Gasteiger partial charge is 0.285 e. The van der Waals surface area contributed by atoms with Gasteiger partial charge < -0.3 is 10.2 Å². The maximum absolute atomic E-state index is 12.5. The standard InChI is InChI=1S/C17H11ClN2O4S2/c18-11-4-2-10(3-5-11)15(23)19-20-16(24)14(26-17(20)25)8-9-1-6-12(21)13(22)7-9/h1-8,21-22H,(H,19,23)/b14-8+. The highest BCUT2D eigenvalue weighted by Crippen LogP contribution is 2.33. The monoisotopic (exact) mass is 406 g/mol. The van der Waals surface area contributed by atoms with Gasteiger partial charge in [0, 0.05) is 10.6 Å². The number of hydrogen-bond donors (Lipinski definition) is 3. The molecule has 1 fully saturated rings. The van der Waals surface area contributed by atoms with Gasteiger partial charge in [0.2, 0.25) is 0 Å². The zero-order valence-corrected chi connectivity index (χ0v) is 15.4. The van der Waals surface area contributed by atoms with Gasteiger partial charge >= 0.3 is 0 Å². The van der Waals surface area contributed by atoms with Crippen LogP contribution in [0.1, 0.15) is 15.9 Å². The fraction of sp³-hybridized carbons (Fsp3) is 0. The zero-order valence-electron chi connectivity index (χ0n) is 13.0. The highest BCUT2D eigenvalue weighted by molar-refractivity contribution is 8.26. The SMILES string of the molecule is O=C(NN1C(=O)/C(=C\c2ccc(O)c(O)c2)SC1=S)c1ccc(Cl)cc1. The van der Waals surface area contributed by atoms with Crippen molar-refractivity contribution in [1.82, 2.24) is 10.4 Å². The average Bonchev–Trinajstić information content (AvgIpc) is 2.86. The molecule has 3 N–H and O–H groups in total. The third-order valence-corrected chi connectivity index (χ3v) is 4.96. The topological polar surface area (TPSA) is 89.9 Å². The summed E-state index contributed by atoms with van der Waals surface area (Å²) in [5.41, 5.74) is 3.29. The highest BCUT2D eigenvalue weighted by Gasteiger charge is 2.33. The number of carbonyl (C=O) groups excluding carboxylic acids is 2. The largest absolute Gasteiger partial charge is 0.504 e. The highest BCUT2D eigenvalue weighted by atomic mass is 35.5. The second-order valence-electron chi connectivity index (χ2n) is 5.21. The van der Waals surface area contributed by atoms with Gasteiger partial charge in [0.25, 0.3) is 11.8 Å². The molecular formula is C17H11ClN2O4S2. The Morgan fingerprint density at radius 1 is 1.15 bits per heavy atom. The zero-order chi connectivity index (χ0) is 18.8. The molecule has 132 valence electrons. The predicted octanol–water partition coefficient (Wildman–Crippen LogP) is 3.30. The molecule has 0 saturated carbocycles. The number of nitrogens with zero attached hydrogens (tertiary/aromatic N) is 1. The van der Waals surface area contributed by atoms with Gasteiger partial charge in [-0.25, -0.2) is 0 Å². The molecule has 0 aromatic heterocycles. The van der Waals surface area contributed by atoms with Crippen molar-refractivity contribution in [3.05, 3.63) is 63.5 Å². The van der Waals surface area contributed by atoms with Crippen molar-refractivity contribution in [2.24, 2.45) is 0 Å². The van der Waals surface area contributed by atoms with Crippen LogP contribution in [0.25, 0.3) is 6.08 Å². The van der Waals surface area contributed by atoms with Gasteiger partial charge in [-0.3, -0.25) is 15.0 Å². The maximum Gasteiger partial charge on any atom is 0.285 e. The molecule has 0 unspecified atom stereocenters. The summed E-state index contributed by atoms with van der Waals surface area (Å²) >= 11 is 12.0. The van der Waals surface area contributed by atoms with Crippen LogP contribution < -0.4 is 5.43 Å². The van der Waals surface area contributed by atoms with E-state index in [9.17, 15) is 19.8 Å². The van der Waals surface area contributed by atoms with Crippen molar-refractivity contribution in [2.45, 2.75) is 0 Å². The van der Waals surface area contributed by atoms with E-state index in [1.54, 1.807) is 12.1 Å². The van der Waals surface area contributed by atoms with Crippen LogP contribution in [0.15, 0.2) is 47.4 Å². The fourth-order valence-corrected chi connectivity index (χ4v) is 3.42. The molecule has 1 heterocycles. The Kier molecular flexibility index (Phi) is 5.17. The third kappa shape index (κ3) is 3.82. The number of thiocarbonyl (C=S) groups is 1. The van der Waals surface area contributed by atoms with Crippen molar-refractivity contribution in [3.8, 4) is 11.5 Å². The predicted molar refractivity (Wildman–Crippen MR) is 104 cm³/mol. The number of carbonyl (C=O) groups is 2. The van der Waals surface area contributed by atoms with Crippen LogP contribution in [-0.4, -0.2) is 31.4 Å². The van der Waals surface area contributed by atoms with Crippen LogP contribution in [0.5, 0.6) is 11.5 Å². The lowest BCUT2D eigenvalue weighted by Crippen LogP contribution is -2.44. The third-order valence-electron chi connectivity index (χ3n) is 3.41. The van der Waals surface area contributed by atoms with Crippen molar-refractivity contribution in [2.75, 3.05) is 0 Å². The number of rotatable bonds is 3. The minimum absolute atomic E-state index is 0.173. The molecule has 1 aliphatic rings. The van der Waals surface area contributed by atoms with Crippen molar-refractivity contribution < 1.29 is 19.8 Å². The van der Waals surface area contributed by atoms with Crippen molar-refractivity contribution >= 4 is 57.8 Å². The lowest BCUT2D eigenvalue weighted by atomic mass is 10.2. The number of phenols is 2. The number of phenolic OH excluding ortho intramolecular Hbond substituents is 2. The van der Waals surface area contributed by atoms with Gasteiger partial charge in [0.1, 0.15) is 0 Å². The lowest BCUT2D eigenvalue weighted by molar-refractivity contribution is -0.123. The van der Waals surface area contributed by atoms with Gasteiger partial charge in [-0.15, -0.1) is 0 Å². The first-order valence-electron chi connectivity index (χ1n) is 7.21. The number of hydrogen-bond acceptors (Lipinski definition) is 6.